The number of alkyl carbamates (subject to hydrolysis) is 1. The van der Waals surface area contributed by atoms with E-state index in [2.05, 4.69) is 15.5 Å². The number of hydrogen-bond acceptors (Lipinski definition) is 5. The van der Waals surface area contributed by atoms with Gasteiger partial charge in [0.15, 0.2) is 5.82 Å². The van der Waals surface area contributed by atoms with Crippen LogP contribution >= 0.6 is 0 Å². The Bertz CT molecular complexity index is 472. The summed E-state index contributed by atoms with van der Waals surface area (Å²) < 4.78 is 10.5. The third-order valence-corrected chi connectivity index (χ3v) is 3.00. The number of nitrogens with zero attached hydrogens (tertiary/aromatic N) is 2. The van der Waals surface area contributed by atoms with E-state index in [-0.39, 0.29) is 12.0 Å². The number of aromatic nitrogens is 2. The van der Waals surface area contributed by atoms with Crippen LogP contribution in [0.5, 0.6) is 0 Å². The van der Waals surface area contributed by atoms with Crippen molar-refractivity contribution in [2.75, 3.05) is 0 Å². The lowest BCUT2D eigenvalue weighted by Gasteiger charge is -2.22. The van der Waals surface area contributed by atoms with Gasteiger partial charge in [-0.3, -0.25) is 0 Å². The number of nitrogens with one attached hydrogen (secondary N) is 1. The maximum Gasteiger partial charge on any atom is 0.408 e. The molecule has 2 rings (SSSR count). The molecule has 1 amide bonds. The highest BCUT2D eigenvalue weighted by molar-refractivity contribution is 5.68. The summed E-state index contributed by atoms with van der Waals surface area (Å²) in [6.07, 6.45) is 1.68. The Morgan fingerprint density at radius 2 is 2.05 bits per heavy atom. The minimum atomic E-state index is -0.515. The van der Waals surface area contributed by atoms with E-state index < -0.39 is 11.7 Å². The van der Waals surface area contributed by atoms with Crippen molar-refractivity contribution in [3.63, 3.8) is 0 Å². The van der Waals surface area contributed by atoms with Crippen LogP contribution in [0.1, 0.15) is 71.1 Å². The van der Waals surface area contributed by atoms with Crippen LogP contribution in [0.15, 0.2) is 4.52 Å². The molecule has 0 spiro atoms. The van der Waals surface area contributed by atoms with Gasteiger partial charge in [-0.1, -0.05) is 19.0 Å². The SMILES string of the molecule is CC(C)c1nc([C@@H](NC(=O)OC(C)(C)C)C2CC2)no1. The zero-order chi connectivity index (χ0) is 14.9. The Morgan fingerprint density at radius 3 is 2.50 bits per heavy atom. The largest absolute Gasteiger partial charge is 0.444 e. The number of carbonyl (C=O) groups excluding carboxylic acids is 1. The molecule has 1 fully saturated rings. The van der Waals surface area contributed by atoms with E-state index >= 15 is 0 Å². The first-order valence-electron chi connectivity index (χ1n) is 7.09. The Hall–Kier alpha value is -1.59. The predicted molar refractivity (Wildman–Crippen MR) is 73.2 cm³/mol. The molecule has 6 nitrogen and oxygen atoms in total. The van der Waals surface area contributed by atoms with Gasteiger partial charge in [0.05, 0.1) is 6.04 Å². The van der Waals surface area contributed by atoms with E-state index in [4.69, 9.17) is 9.26 Å². The van der Waals surface area contributed by atoms with E-state index in [0.717, 1.165) is 12.8 Å². The molecular weight excluding hydrogens is 258 g/mol. The molecule has 0 radical (unpaired) electrons. The summed E-state index contributed by atoms with van der Waals surface area (Å²) >= 11 is 0. The maximum absolute atomic E-state index is 11.9. The minimum absolute atomic E-state index is 0.178. The van der Waals surface area contributed by atoms with Crippen LogP contribution in [0.2, 0.25) is 0 Å². The molecule has 1 heterocycles. The molecule has 1 aromatic heterocycles. The van der Waals surface area contributed by atoms with Crippen molar-refractivity contribution < 1.29 is 14.1 Å². The summed E-state index contributed by atoms with van der Waals surface area (Å²) in [7, 11) is 0. The lowest BCUT2D eigenvalue weighted by Crippen LogP contribution is -2.36. The first-order valence-corrected chi connectivity index (χ1v) is 7.09. The van der Waals surface area contributed by atoms with Crippen LogP contribution in [0.3, 0.4) is 0 Å². The van der Waals surface area contributed by atoms with Gasteiger partial charge in [0.1, 0.15) is 5.60 Å². The van der Waals surface area contributed by atoms with Crippen molar-refractivity contribution in [2.45, 2.75) is 65.0 Å². The highest BCUT2D eigenvalue weighted by atomic mass is 16.6. The van der Waals surface area contributed by atoms with E-state index in [1.807, 2.05) is 34.6 Å². The summed E-state index contributed by atoms with van der Waals surface area (Å²) in [4.78, 5) is 16.3. The third-order valence-electron chi connectivity index (χ3n) is 3.00. The van der Waals surface area contributed by atoms with Crippen molar-refractivity contribution in [3.05, 3.63) is 11.7 Å². The highest BCUT2D eigenvalue weighted by Crippen LogP contribution is 2.40. The normalized spacial score (nSPS) is 17.1. The van der Waals surface area contributed by atoms with E-state index in [9.17, 15) is 4.79 Å². The van der Waals surface area contributed by atoms with Gasteiger partial charge < -0.3 is 14.6 Å². The zero-order valence-corrected chi connectivity index (χ0v) is 12.8. The summed E-state index contributed by atoms with van der Waals surface area (Å²) in [5, 5.41) is 6.85. The molecule has 1 aliphatic carbocycles. The molecule has 0 saturated heterocycles. The van der Waals surface area contributed by atoms with Gasteiger partial charge in [-0.25, -0.2) is 4.79 Å². The molecule has 6 heteroatoms. The summed E-state index contributed by atoms with van der Waals surface area (Å²) in [5.41, 5.74) is -0.515. The molecule has 0 aromatic carbocycles. The lowest BCUT2D eigenvalue weighted by molar-refractivity contribution is 0.0494. The first-order chi connectivity index (χ1) is 9.26. The average molecular weight is 281 g/mol. The minimum Gasteiger partial charge on any atom is -0.444 e. The fourth-order valence-corrected chi connectivity index (χ4v) is 1.87. The van der Waals surface area contributed by atoms with Gasteiger partial charge in [0.25, 0.3) is 0 Å². The molecule has 1 aromatic rings. The van der Waals surface area contributed by atoms with Gasteiger partial charge in [0, 0.05) is 5.92 Å². The van der Waals surface area contributed by atoms with Gasteiger partial charge in [-0.15, -0.1) is 0 Å². The fourth-order valence-electron chi connectivity index (χ4n) is 1.87. The van der Waals surface area contributed by atoms with Crippen LogP contribution in [-0.4, -0.2) is 21.8 Å². The number of hydrogen-bond donors (Lipinski definition) is 1. The Kier molecular flexibility index (Phi) is 4.01. The quantitative estimate of drug-likeness (QED) is 0.917. The van der Waals surface area contributed by atoms with Gasteiger partial charge in [0.2, 0.25) is 5.89 Å². The van der Waals surface area contributed by atoms with Gasteiger partial charge in [-0.05, 0) is 39.5 Å². The molecule has 0 unspecified atom stereocenters. The topological polar surface area (TPSA) is 77.2 Å². The summed E-state index contributed by atoms with van der Waals surface area (Å²) in [6, 6.07) is -0.221. The Labute approximate surface area is 119 Å². The van der Waals surface area contributed by atoms with E-state index in [0.29, 0.717) is 17.6 Å². The van der Waals surface area contributed by atoms with Crippen LogP contribution in [0.4, 0.5) is 4.79 Å². The van der Waals surface area contributed by atoms with Crippen LogP contribution in [0, 0.1) is 5.92 Å². The number of carbonyl (C=O) groups is 1. The van der Waals surface area contributed by atoms with Crippen molar-refractivity contribution in [2.24, 2.45) is 5.92 Å². The summed E-state index contributed by atoms with van der Waals surface area (Å²) in [5.74, 6) is 1.69. The second-order valence-electron chi connectivity index (χ2n) is 6.61. The Balaban J connectivity index is 2.05. The van der Waals surface area contributed by atoms with Crippen LogP contribution in [0.25, 0.3) is 0 Å². The fraction of sp³-hybridized carbons (Fsp3) is 0.786. The first kappa shape index (κ1) is 14.8. The van der Waals surface area contributed by atoms with E-state index in [1.165, 1.54) is 0 Å². The molecule has 1 atom stereocenters. The molecule has 0 aliphatic heterocycles. The smallest absolute Gasteiger partial charge is 0.408 e. The zero-order valence-electron chi connectivity index (χ0n) is 12.8. The number of ether oxygens (including phenoxy) is 1. The number of amides is 1. The van der Waals surface area contributed by atoms with Crippen molar-refractivity contribution in [1.82, 2.24) is 15.5 Å². The average Bonchev–Trinajstić information content (AvgIpc) is 3.00. The third kappa shape index (κ3) is 3.95. The monoisotopic (exact) mass is 281 g/mol. The molecule has 1 aliphatic rings. The van der Waals surface area contributed by atoms with Gasteiger partial charge >= 0.3 is 6.09 Å². The predicted octanol–water partition coefficient (Wildman–Crippen LogP) is 3.17. The molecule has 0 bridgehead atoms. The van der Waals surface area contributed by atoms with Gasteiger partial charge in [-0.2, -0.15) is 4.98 Å². The second kappa shape index (κ2) is 5.42. The standard InChI is InChI=1S/C14H23N3O3/c1-8(2)12-16-11(17-20-12)10(9-6-7-9)15-13(18)19-14(3,4)5/h8-10H,6-7H2,1-5H3,(H,15,18)/t10-/m0/s1. The second-order valence-corrected chi connectivity index (χ2v) is 6.61. The summed E-state index contributed by atoms with van der Waals surface area (Å²) in [6.45, 7) is 9.49. The lowest BCUT2D eigenvalue weighted by atomic mass is 10.1. The molecule has 112 valence electrons. The van der Waals surface area contributed by atoms with Crippen molar-refractivity contribution in [3.8, 4) is 0 Å². The van der Waals surface area contributed by atoms with Crippen LogP contribution in [-0.2, 0) is 4.74 Å². The van der Waals surface area contributed by atoms with Crippen molar-refractivity contribution >= 4 is 6.09 Å². The van der Waals surface area contributed by atoms with Crippen LogP contribution < -0.4 is 5.32 Å². The van der Waals surface area contributed by atoms with Crippen molar-refractivity contribution in [1.29, 1.82) is 0 Å². The Morgan fingerprint density at radius 1 is 1.40 bits per heavy atom. The maximum atomic E-state index is 11.9. The number of rotatable bonds is 4. The molecule has 1 N–H and O–H groups in total. The molecule has 1 saturated carbocycles. The van der Waals surface area contributed by atoms with E-state index in [1.54, 1.807) is 0 Å². The highest BCUT2D eigenvalue weighted by Gasteiger charge is 2.37. The molecule has 20 heavy (non-hydrogen) atoms. The molecular formula is C14H23N3O3.